The van der Waals surface area contributed by atoms with E-state index in [0.717, 1.165) is 195 Å². The van der Waals surface area contributed by atoms with E-state index in [0.29, 0.717) is 96.4 Å². The summed E-state index contributed by atoms with van der Waals surface area (Å²) in [5, 5.41) is 48.3. The van der Waals surface area contributed by atoms with Gasteiger partial charge in [-0.3, -0.25) is 43.2 Å². The zero-order valence-electron chi connectivity index (χ0n) is 73.8. The van der Waals surface area contributed by atoms with Crippen molar-refractivity contribution in [1.29, 1.82) is 10.8 Å². The van der Waals surface area contributed by atoms with Gasteiger partial charge in [0.05, 0.1) is 69.7 Å². The van der Waals surface area contributed by atoms with Crippen LogP contribution in [0.5, 0.6) is 63.2 Å². The lowest BCUT2D eigenvalue weighted by atomic mass is 10.1. The number of carbonyl (C=O) groups excluding carboxylic acids is 9. The first-order chi connectivity index (χ1) is 62.1. The lowest BCUT2D eigenvalue weighted by Gasteiger charge is -2.34. The first-order valence-electron chi connectivity index (χ1n) is 40.5. The van der Waals surface area contributed by atoms with Crippen LogP contribution in [0.3, 0.4) is 0 Å². The second-order valence-electron chi connectivity index (χ2n) is 26.5. The van der Waals surface area contributed by atoms with Crippen LogP contribution in [0.15, 0.2) is 206 Å². The predicted molar refractivity (Wildman–Crippen MR) is 488 cm³/mol. The van der Waals surface area contributed by atoms with Gasteiger partial charge in [-0.1, -0.05) is 109 Å². The molecule has 2 saturated heterocycles. The Bertz CT molecular complexity index is 4490. The number of rotatable bonds is 41. The van der Waals surface area contributed by atoms with E-state index in [-0.39, 0.29) is 11.5 Å². The molecule has 684 valence electrons. The number of phenolic OH excluding ortho intramolecular Hbond substituents is 2. The number of amides is 9. The third-order valence-electron chi connectivity index (χ3n) is 18.5. The molecule has 2 aliphatic rings. The third-order valence-corrected chi connectivity index (χ3v) is 18.5. The van der Waals surface area contributed by atoms with Crippen molar-refractivity contribution in [1.82, 2.24) is 47.0 Å². The lowest BCUT2D eigenvalue weighted by Crippen LogP contribution is -2.45. The Morgan fingerprint density at radius 3 is 1.13 bits per heavy atom. The average Bonchev–Trinajstić information content (AvgIpc) is 0.850. The van der Waals surface area contributed by atoms with Gasteiger partial charge < -0.3 is 110 Å². The van der Waals surface area contributed by atoms with Crippen molar-refractivity contribution in [2.45, 2.75) is 44.9 Å². The molecule has 33 nitrogen and oxygen atoms in total. The number of ether oxygens (including phenoxy) is 9. The standard InChI is InChI=1S/2C12H16N2O2.2C11H15NO3.3C10H13NO2.C9H11NO3.C9H11NO.N2/c1-16-12-4-2-3-11(9-12)14-7-5-13(10-15)6-8-14;1-16-12-5-3-2-4-11(12)14-8-6-13(10-15)7-9-14;1-14-10-3-4-11(15-2)9(7-10)5-6-12-8-13;1-14-10-5-3-4-9(11(10)15-2)6-7-12-8-13;1-13-10-4-2-9(3-5-10)6-7-11-8-12;1-13-10-4-2-3-9(7-10)5-6-11-8-12;1-13-10-5-3-2-4-9(10)6-7-11-8-12;11-6-10-4-3-7-1-2-8(12)9(13)5-7;11-8-10-7-6-9-4-2-1-3-5-9;1-2/h2-4,9-10H,5-8H2,1H3;2-5,10H,6-9H2,1H3;3-4,7-8H,5-6H2,1-2H3,(H,12,13);3-5,8H,6-7H2,1-2H3,(H,12,13);2-5,8H,6-7H2,1H3,(H,11,12);2-4,7-8H,5-6H2,1H3,(H,11,12);2-5,8H,6-7H2,1H3,(H,11,12);1-2,5-6,12-13H,3-4H2,(H,10,11);1-5,8H,6-7H2,(H,10,11);. The minimum atomic E-state index is -0.136. The molecule has 9 aromatic rings. The molecule has 0 aromatic heterocycles. The van der Waals surface area contributed by atoms with Crippen molar-refractivity contribution in [3.8, 4) is 63.2 Å². The largest absolute Gasteiger partial charge is 0.504 e. The minimum absolute atomic E-state index is 0.132. The number of methoxy groups -OCH3 is 9. The monoisotopic (exact) mass is 1750 g/mol. The first kappa shape index (κ1) is 108. The fraction of sp³-hybridized carbons (Fsp3) is 0.330. The number of hydrogen-bond acceptors (Lipinski definition) is 24. The maximum absolute atomic E-state index is 10.6. The van der Waals surface area contributed by atoms with E-state index in [1.807, 2.05) is 176 Å². The molecule has 0 unspecified atom stereocenters. The van der Waals surface area contributed by atoms with E-state index in [9.17, 15) is 43.2 Å². The summed E-state index contributed by atoms with van der Waals surface area (Å²) in [6, 6.07) is 65.4. The molecule has 127 heavy (non-hydrogen) atoms. The summed E-state index contributed by atoms with van der Waals surface area (Å²) in [6.07, 6.45) is 12.1. The van der Waals surface area contributed by atoms with Crippen molar-refractivity contribution in [3.63, 3.8) is 0 Å². The molecular formula is C94H123N13O20. The minimum Gasteiger partial charge on any atom is -0.504 e. The second kappa shape index (κ2) is 70.6. The summed E-state index contributed by atoms with van der Waals surface area (Å²) in [5.74, 6) is 7.10. The molecule has 11 rings (SSSR count). The lowest BCUT2D eigenvalue weighted by molar-refractivity contribution is -0.119. The third kappa shape index (κ3) is 45.7. The molecule has 0 aliphatic carbocycles. The number of hydrogen-bond donors (Lipinski definition) is 9. The fourth-order valence-electron chi connectivity index (χ4n) is 11.9. The Kier molecular flexibility index (Phi) is 60.1. The summed E-state index contributed by atoms with van der Waals surface area (Å²) >= 11 is 0. The Labute approximate surface area is 744 Å². The zero-order valence-corrected chi connectivity index (χ0v) is 73.8. The first-order valence-corrected chi connectivity index (χ1v) is 40.5. The number of para-hydroxylation sites is 4. The molecule has 9 aromatic carbocycles. The summed E-state index contributed by atoms with van der Waals surface area (Å²) in [6.45, 7) is 11.0. The maximum atomic E-state index is 10.6. The van der Waals surface area contributed by atoms with E-state index >= 15 is 0 Å². The molecule has 2 fully saturated rings. The molecule has 2 heterocycles. The van der Waals surface area contributed by atoms with Crippen LogP contribution in [0.25, 0.3) is 0 Å². The molecule has 0 atom stereocenters. The van der Waals surface area contributed by atoms with Gasteiger partial charge in [-0.15, -0.1) is 0 Å². The topological polar surface area (TPSA) is 422 Å². The van der Waals surface area contributed by atoms with Crippen LogP contribution in [0, 0.1) is 10.8 Å². The predicted octanol–water partition coefficient (Wildman–Crippen LogP) is 8.27. The summed E-state index contributed by atoms with van der Waals surface area (Å²) in [7, 11) is 14.7. The molecular weight excluding hydrogens is 1630 g/mol. The Morgan fingerprint density at radius 2 is 0.646 bits per heavy atom. The SMILES string of the molecule is COc1ccc(CCNC=O)cc1.COc1ccc(OC)c(CCNC=O)c1.COc1cccc(CCNC=O)c1.COc1cccc(CCNC=O)c1OC.COc1cccc(N2CCN(C=O)CC2)c1.COc1ccccc1CCNC=O.COc1ccccc1N1CCN(C=O)CC1.N#N.O=CNCCc1ccc(O)c(O)c1.O=CNCCc1ccccc1. The smallest absolute Gasteiger partial charge is 0.209 e. The van der Waals surface area contributed by atoms with Crippen LogP contribution in [0.2, 0.25) is 0 Å². The van der Waals surface area contributed by atoms with Crippen LogP contribution < -0.4 is 89.6 Å². The van der Waals surface area contributed by atoms with E-state index in [1.165, 1.54) is 23.3 Å². The maximum Gasteiger partial charge on any atom is 0.209 e. The number of carbonyl (C=O) groups is 9. The van der Waals surface area contributed by atoms with Crippen molar-refractivity contribution in [3.05, 3.63) is 245 Å². The van der Waals surface area contributed by atoms with Crippen LogP contribution in [-0.4, -0.2) is 240 Å². The number of phenols is 2. The zero-order chi connectivity index (χ0) is 93.1. The van der Waals surface area contributed by atoms with E-state index < -0.39 is 0 Å². The summed E-state index contributed by atoms with van der Waals surface area (Å²) in [4.78, 5) is 99.3. The summed E-state index contributed by atoms with van der Waals surface area (Å²) in [5.41, 5.74) is 9.88. The number of benzene rings is 9. The fourth-order valence-corrected chi connectivity index (χ4v) is 11.9. The van der Waals surface area contributed by atoms with E-state index in [2.05, 4.69) is 59.2 Å². The highest BCUT2D eigenvalue weighted by molar-refractivity contribution is 5.60. The molecule has 9 amide bonds. The normalized spacial score (nSPS) is 10.9. The molecule has 0 saturated carbocycles. The van der Waals surface area contributed by atoms with Gasteiger partial charge in [0.2, 0.25) is 57.7 Å². The van der Waals surface area contributed by atoms with Gasteiger partial charge in [0.15, 0.2) is 23.0 Å². The number of piperazine rings is 2. The quantitative estimate of drug-likeness (QED) is 0.00753. The number of aromatic hydroxyl groups is 2. The van der Waals surface area contributed by atoms with Gasteiger partial charge in [0.1, 0.15) is 40.2 Å². The van der Waals surface area contributed by atoms with Crippen LogP contribution in [0.4, 0.5) is 11.4 Å². The average molecular weight is 1760 g/mol. The molecule has 33 heteroatoms. The Balaban J connectivity index is 0.000000483. The highest BCUT2D eigenvalue weighted by Crippen LogP contribution is 2.32. The molecule has 0 radical (unpaired) electrons. The molecule has 2 aliphatic heterocycles. The molecule has 9 N–H and O–H groups in total. The van der Waals surface area contributed by atoms with Gasteiger partial charge in [-0.05, 0) is 175 Å². The van der Waals surface area contributed by atoms with Gasteiger partial charge in [-0.2, -0.15) is 0 Å². The number of nitrogens with one attached hydrogen (secondary N) is 7. The second-order valence-corrected chi connectivity index (χ2v) is 26.5. The highest BCUT2D eigenvalue weighted by Gasteiger charge is 2.19. The van der Waals surface area contributed by atoms with Crippen LogP contribution in [-0.2, 0) is 88.1 Å². The summed E-state index contributed by atoms with van der Waals surface area (Å²) < 4.78 is 46.5. The van der Waals surface area contributed by atoms with E-state index in [1.54, 1.807) is 79.9 Å². The van der Waals surface area contributed by atoms with Crippen molar-refractivity contribution in [2.75, 3.05) is 172 Å². The van der Waals surface area contributed by atoms with Gasteiger partial charge in [-0.25, -0.2) is 0 Å². The van der Waals surface area contributed by atoms with Crippen molar-refractivity contribution in [2.24, 2.45) is 0 Å². The van der Waals surface area contributed by atoms with Gasteiger partial charge >= 0.3 is 0 Å². The number of anilines is 2. The molecule has 0 bridgehead atoms. The number of nitrogens with zero attached hydrogens (tertiary/aromatic N) is 6. The van der Waals surface area contributed by atoms with E-state index in [4.69, 9.17) is 63.6 Å². The van der Waals surface area contributed by atoms with Crippen LogP contribution >= 0.6 is 0 Å². The van der Waals surface area contributed by atoms with Crippen molar-refractivity contribution < 1.29 is 96.0 Å². The van der Waals surface area contributed by atoms with Gasteiger partial charge in [0, 0.05) is 121 Å². The Morgan fingerprint density at radius 1 is 0.283 bits per heavy atom. The van der Waals surface area contributed by atoms with Crippen LogP contribution in [0.1, 0.15) is 38.9 Å². The molecule has 0 spiro atoms. The highest BCUT2D eigenvalue weighted by atomic mass is 16.5. The van der Waals surface area contributed by atoms with Gasteiger partial charge in [0.25, 0.3) is 0 Å². The van der Waals surface area contributed by atoms with Crippen molar-refractivity contribution >= 4 is 69.1 Å². The Hall–Kier alpha value is -15.0.